The zero-order chi connectivity index (χ0) is 15.2. The minimum atomic E-state index is -1.08. The van der Waals surface area contributed by atoms with Crippen LogP contribution in [0.5, 0.6) is 0 Å². The van der Waals surface area contributed by atoms with Crippen LogP contribution in [0.25, 0.3) is 0 Å². The van der Waals surface area contributed by atoms with Crippen molar-refractivity contribution in [2.45, 2.75) is 38.6 Å². The number of carbonyl (C=O) groups is 3. The number of imide groups is 1. The topological polar surface area (TPSA) is 66.5 Å². The molecule has 1 fully saturated rings. The van der Waals surface area contributed by atoms with Gasteiger partial charge < -0.3 is 5.32 Å². The molecule has 0 spiro atoms. The van der Waals surface area contributed by atoms with Gasteiger partial charge in [-0.2, -0.15) is 0 Å². The van der Waals surface area contributed by atoms with Gasteiger partial charge in [-0.3, -0.25) is 14.5 Å². The van der Waals surface area contributed by atoms with E-state index in [1.165, 1.54) is 18.1 Å². The summed E-state index contributed by atoms with van der Waals surface area (Å²) in [6.07, 6.45) is 3.22. The zero-order valence-corrected chi connectivity index (χ0v) is 12.2. The van der Waals surface area contributed by atoms with Crippen molar-refractivity contribution in [2.24, 2.45) is 0 Å². The number of amides is 3. The number of aryl methyl sites for hydroxylation is 2. The number of rotatable bonds is 3. The first-order valence-electron chi connectivity index (χ1n) is 7.17. The summed E-state index contributed by atoms with van der Waals surface area (Å²) in [7, 11) is 0. The second-order valence-corrected chi connectivity index (χ2v) is 5.99. The predicted octanol–water partition coefficient (Wildman–Crippen LogP) is 1.53. The highest BCUT2D eigenvalue weighted by Crippen LogP contribution is 2.32. The number of urea groups is 1. The third kappa shape index (κ3) is 2.13. The summed E-state index contributed by atoms with van der Waals surface area (Å²) in [5.41, 5.74) is 2.28. The molecular formula is C16H18N2O3. The summed E-state index contributed by atoms with van der Waals surface area (Å²) in [5.74, 6) is -0.572. The molecule has 1 aromatic rings. The fourth-order valence-electron chi connectivity index (χ4n) is 3.14. The van der Waals surface area contributed by atoms with E-state index in [4.69, 9.17) is 0 Å². The van der Waals surface area contributed by atoms with Crippen LogP contribution in [-0.4, -0.2) is 29.2 Å². The average Bonchev–Trinajstić information content (AvgIpc) is 2.97. The summed E-state index contributed by atoms with van der Waals surface area (Å²) in [4.78, 5) is 36.8. The maximum absolute atomic E-state index is 12.6. The molecule has 0 aromatic heterocycles. The second kappa shape index (κ2) is 4.69. The lowest BCUT2D eigenvalue weighted by molar-refractivity contribution is -0.133. The van der Waals surface area contributed by atoms with E-state index >= 15 is 0 Å². The quantitative estimate of drug-likeness (QED) is 0.857. The standard InChI is InChI=1S/C16H18N2O3/c1-10(19)9-18-14(20)16(2,17-15(18)21)13-7-6-11-4-3-5-12(11)8-13/h6-8H,3-5,9H2,1-2H3,(H,17,21). The van der Waals surface area contributed by atoms with Gasteiger partial charge in [0.1, 0.15) is 11.3 Å². The molecule has 3 rings (SSSR count). The highest BCUT2D eigenvalue weighted by Gasteiger charge is 2.49. The molecular weight excluding hydrogens is 268 g/mol. The van der Waals surface area contributed by atoms with E-state index in [1.807, 2.05) is 18.2 Å². The maximum atomic E-state index is 12.6. The first kappa shape index (κ1) is 13.8. The highest BCUT2D eigenvalue weighted by molar-refractivity contribution is 6.09. The number of hydrogen-bond donors (Lipinski definition) is 1. The van der Waals surface area contributed by atoms with Crippen LogP contribution in [-0.2, 0) is 28.0 Å². The fourth-order valence-corrected chi connectivity index (χ4v) is 3.14. The molecule has 1 aromatic carbocycles. The lowest BCUT2D eigenvalue weighted by atomic mass is 9.89. The van der Waals surface area contributed by atoms with Gasteiger partial charge in [-0.25, -0.2) is 4.79 Å². The first-order valence-corrected chi connectivity index (χ1v) is 7.17. The van der Waals surface area contributed by atoms with Gasteiger partial charge in [0.25, 0.3) is 5.91 Å². The Kier molecular flexibility index (Phi) is 3.08. The summed E-state index contributed by atoms with van der Waals surface area (Å²) < 4.78 is 0. The van der Waals surface area contributed by atoms with Crippen LogP contribution in [0.15, 0.2) is 18.2 Å². The minimum absolute atomic E-state index is 0.175. The maximum Gasteiger partial charge on any atom is 0.325 e. The molecule has 1 unspecified atom stereocenters. The van der Waals surface area contributed by atoms with Gasteiger partial charge >= 0.3 is 6.03 Å². The van der Waals surface area contributed by atoms with E-state index < -0.39 is 11.6 Å². The van der Waals surface area contributed by atoms with Crippen LogP contribution < -0.4 is 5.32 Å². The normalized spacial score (nSPS) is 24.2. The van der Waals surface area contributed by atoms with Crippen LogP contribution >= 0.6 is 0 Å². The van der Waals surface area contributed by atoms with Crippen LogP contribution in [0.3, 0.4) is 0 Å². The van der Waals surface area contributed by atoms with Gasteiger partial charge in [-0.05, 0) is 49.8 Å². The Bertz CT molecular complexity index is 653. The summed E-state index contributed by atoms with van der Waals surface area (Å²) in [6.45, 7) is 2.89. The van der Waals surface area contributed by atoms with Crippen molar-refractivity contribution in [3.05, 3.63) is 34.9 Å². The van der Waals surface area contributed by atoms with E-state index in [0.29, 0.717) is 0 Å². The summed E-state index contributed by atoms with van der Waals surface area (Å²) >= 11 is 0. The number of ketones is 1. The van der Waals surface area contributed by atoms with Crippen LogP contribution in [0.4, 0.5) is 4.79 Å². The molecule has 5 nitrogen and oxygen atoms in total. The van der Waals surface area contributed by atoms with E-state index in [2.05, 4.69) is 5.32 Å². The number of nitrogens with one attached hydrogen (secondary N) is 1. The predicted molar refractivity (Wildman–Crippen MR) is 76.7 cm³/mol. The fraction of sp³-hybridized carbons (Fsp3) is 0.438. The molecule has 21 heavy (non-hydrogen) atoms. The van der Waals surface area contributed by atoms with Crippen molar-refractivity contribution in [3.8, 4) is 0 Å². The molecule has 1 aliphatic heterocycles. The molecule has 1 N–H and O–H groups in total. The molecule has 1 aliphatic carbocycles. The van der Waals surface area contributed by atoms with Crippen LogP contribution in [0.2, 0.25) is 0 Å². The average molecular weight is 286 g/mol. The Morgan fingerprint density at radius 3 is 2.71 bits per heavy atom. The van der Waals surface area contributed by atoms with Gasteiger partial charge in [-0.1, -0.05) is 18.2 Å². The van der Waals surface area contributed by atoms with E-state index in [0.717, 1.165) is 29.7 Å². The van der Waals surface area contributed by atoms with Crippen molar-refractivity contribution < 1.29 is 14.4 Å². The van der Waals surface area contributed by atoms with E-state index in [9.17, 15) is 14.4 Å². The van der Waals surface area contributed by atoms with Crippen LogP contribution in [0.1, 0.15) is 37.0 Å². The molecule has 2 aliphatic rings. The van der Waals surface area contributed by atoms with Gasteiger partial charge in [0.05, 0.1) is 6.54 Å². The van der Waals surface area contributed by atoms with Crippen molar-refractivity contribution in [2.75, 3.05) is 6.54 Å². The highest BCUT2D eigenvalue weighted by atomic mass is 16.2. The Hall–Kier alpha value is -2.17. The molecule has 1 atom stereocenters. The van der Waals surface area contributed by atoms with Crippen LogP contribution in [0, 0.1) is 0 Å². The Morgan fingerprint density at radius 1 is 1.29 bits per heavy atom. The Morgan fingerprint density at radius 2 is 2.00 bits per heavy atom. The largest absolute Gasteiger partial charge is 0.325 e. The molecule has 110 valence electrons. The molecule has 3 amide bonds. The van der Waals surface area contributed by atoms with Crippen molar-refractivity contribution in [3.63, 3.8) is 0 Å². The molecule has 0 saturated carbocycles. The lowest BCUT2D eigenvalue weighted by Crippen LogP contribution is -2.41. The van der Waals surface area contributed by atoms with Crippen molar-refractivity contribution >= 4 is 17.7 Å². The lowest BCUT2D eigenvalue weighted by Gasteiger charge is -2.23. The van der Waals surface area contributed by atoms with E-state index in [1.54, 1.807) is 6.92 Å². The Labute approximate surface area is 123 Å². The number of fused-ring (bicyclic) bond motifs is 1. The minimum Gasteiger partial charge on any atom is -0.319 e. The molecule has 0 bridgehead atoms. The molecule has 1 heterocycles. The number of Topliss-reactive ketones (excluding diaryl/α,β-unsaturated/α-hetero) is 1. The second-order valence-electron chi connectivity index (χ2n) is 5.99. The van der Waals surface area contributed by atoms with Gasteiger partial charge in [0, 0.05) is 0 Å². The summed E-state index contributed by atoms with van der Waals surface area (Å²) in [5, 5.41) is 2.73. The van der Waals surface area contributed by atoms with E-state index in [-0.39, 0.29) is 18.2 Å². The SMILES string of the molecule is CC(=O)CN1C(=O)NC(C)(c2ccc3c(c2)CCC3)C1=O. The van der Waals surface area contributed by atoms with Gasteiger partial charge in [-0.15, -0.1) is 0 Å². The molecule has 1 saturated heterocycles. The van der Waals surface area contributed by atoms with Crippen molar-refractivity contribution in [1.82, 2.24) is 10.2 Å². The third-order valence-corrected chi connectivity index (χ3v) is 4.33. The third-order valence-electron chi connectivity index (χ3n) is 4.33. The number of carbonyl (C=O) groups excluding carboxylic acids is 3. The first-order chi connectivity index (χ1) is 9.91. The van der Waals surface area contributed by atoms with Gasteiger partial charge in [0.15, 0.2) is 0 Å². The molecule has 5 heteroatoms. The number of nitrogens with zero attached hydrogens (tertiary/aromatic N) is 1. The zero-order valence-electron chi connectivity index (χ0n) is 12.2. The molecule has 0 radical (unpaired) electrons. The Balaban J connectivity index is 1.96. The smallest absolute Gasteiger partial charge is 0.319 e. The number of hydrogen-bond acceptors (Lipinski definition) is 3. The van der Waals surface area contributed by atoms with Crippen molar-refractivity contribution in [1.29, 1.82) is 0 Å². The summed E-state index contributed by atoms with van der Waals surface area (Å²) in [6, 6.07) is 5.45. The number of benzene rings is 1. The monoisotopic (exact) mass is 286 g/mol. The van der Waals surface area contributed by atoms with Gasteiger partial charge in [0.2, 0.25) is 0 Å².